The van der Waals surface area contributed by atoms with Crippen molar-refractivity contribution in [3.63, 3.8) is 0 Å². The van der Waals surface area contributed by atoms with Gasteiger partial charge in [-0.3, -0.25) is 4.79 Å². The number of rotatable bonds is 3. The summed E-state index contributed by atoms with van der Waals surface area (Å²) in [6.45, 7) is 2.81. The van der Waals surface area contributed by atoms with Crippen LogP contribution in [0.15, 0.2) is 11.4 Å². The zero-order valence-corrected chi connectivity index (χ0v) is 10.6. The molecule has 1 aliphatic carbocycles. The van der Waals surface area contributed by atoms with Gasteiger partial charge in [-0.15, -0.1) is 11.3 Å². The molecule has 1 aliphatic rings. The van der Waals surface area contributed by atoms with Crippen LogP contribution in [0.2, 0.25) is 0 Å². The van der Waals surface area contributed by atoms with Gasteiger partial charge in [0.15, 0.2) is 5.78 Å². The monoisotopic (exact) mass is 237 g/mol. The summed E-state index contributed by atoms with van der Waals surface area (Å²) >= 11 is 1.66. The average molecular weight is 237 g/mol. The summed E-state index contributed by atoms with van der Waals surface area (Å²) in [6, 6.07) is 1.97. The highest BCUT2D eigenvalue weighted by atomic mass is 32.1. The number of carbonyl (C=O) groups is 1. The zero-order chi connectivity index (χ0) is 11.5. The largest absolute Gasteiger partial charge is 0.330 e. The van der Waals surface area contributed by atoms with Crippen LogP contribution < -0.4 is 5.73 Å². The molecule has 88 valence electrons. The van der Waals surface area contributed by atoms with Crippen LogP contribution in [0.3, 0.4) is 0 Å². The molecule has 2 N–H and O–H groups in total. The van der Waals surface area contributed by atoms with E-state index < -0.39 is 0 Å². The Labute approximate surface area is 101 Å². The van der Waals surface area contributed by atoms with E-state index in [-0.39, 0.29) is 5.92 Å². The minimum atomic E-state index is 0.246. The average Bonchev–Trinajstić information content (AvgIpc) is 2.75. The summed E-state index contributed by atoms with van der Waals surface area (Å²) in [6.07, 6.45) is 4.29. The van der Waals surface area contributed by atoms with Gasteiger partial charge in [0.2, 0.25) is 0 Å². The molecule has 1 heterocycles. The third-order valence-corrected chi connectivity index (χ3v) is 4.52. The lowest BCUT2D eigenvalue weighted by Gasteiger charge is -2.26. The van der Waals surface area contributed by atoms with Crippen molar-refractivity contribution in [2.75, 3.05) is 6.54 Å². The number of aryl methyl sites for hydroxylation is 1. The van der Waals surface area contributed by atoms with Gasteiger partial charge in [-0.25, -0.2) is 0 Å². The van der Waals surface area contributed by atoms with E-state index in [2.05, 4.69) is 0 Å². The number of nitrogens with two attached hydrogens (primary N) is 1. The molecule has 0 bridgehead atoms. The third kappa shape index (κ3) is 2.36. The van der Waals surface area contributed by atoms with Crippen LogP contribution in [0.4, 0.5) is 0 Å². The third-order valence-electron chi connectivity index (χ3n) is 3.68. The quantitative estimate of drug-likeness (QED) is 0.821. The van der Waals surface area contributed by atoms with Crippen molar-refractivity contribution in [3.8, 4) is 0 Å². The Hall–Kier alpha value is -0.670. The number of carbonyl (C=O) groups excluding carboxylic acids is 1. The molecule has 1 saturated carbocycles. The summed E-state index contributed by atoms with van der Waals surface area (Å²) in [5.74, 6) is 1.25. The summed E-state index contributed by atoms with van der Waals surface area (Å²) in [4.78, 5) is 13.4. The highest BCUT2D eigenvalue weighted by Gasteiger charge is 2.27. The second kappa shape index (κ2) is 5.11. The molecular weight excluding hydrogens is 218 g/mol. The summed E-state index contributed by atoms with van der Waals surface area (Å²) < 4.78 is 0. The lowest BCUT2D eigenvalue weighted by atomic mass is 9.79. The molecule has 0 spiro atoms. The van der Waals surface area contributed by atoms with Gasteiger partial charge in [0.05, 0.1) is 0 Å². The molecule has 1 aromatic heterocycles. The van der Waals surface area contributed by atoms with Crippen molar-refractivity contribution in [1.82, 2.24) is 0 Å². The number of ketones is 1. The van der Waals surface area contributed by atoms with Crippen LogP contribution in [-0.2, 0) is 0 Å². The van der Waals surface area contributed by atoms with E-state index in [0.717, 1.165) is 42.7 Å². The molecule has 0 atom stereocenters. The first-order valence-electron chi connectivity index (χ1n) is 6.00. The smallest absolute Gasteiger partial charge is 0.167 e. The van der Waals surface area contributed by atoms with E-state index >= 15 is 0 Å². The van der Waals surface area contributed by atoms with Crippen LogP contribution in [0, 0.1) is 18.8 Å². The first-order valence-corrected chi connectivity index (χ1v) is 6.88. The normalized spacial score (nSPS) is 25.6. The molecule has 16 heavy (non-hydrogen) atoms. The molecule has 0 aliphatic heterocycles. The van der Waals surface area contributed by atoms with Crippen LogP contribution in [0.1, 0.15) is 40.9 Å². The Morgan fingerprint density at radius 3 is 2.62 bits per heavy atom. The second-order valence-electron chi connectivity index (χ2n) is 4.71. The highest BCUT2D eigenvalue weighted by molar-refractivity contribution is 7.10. The molecule has 1 aromatic rings. The fourth-order valence-corrected chi connectivity index (χ4v) is 3.22. The number of hydrogen-bond donors (Lipinski definition) is 1. The number of hydrogen-bond acceptors (Lipinski definition) is 3. The summed E-state index contributed by atoms with van der Waals surface area (Å²) in [7, 11) is 0. The predicted molar refractivity (Wildman–Crippen MR) is 67.9 cm³/mol. The Morgan fingerprint density at radius 2 is 2.12 bits per heavy atom. The molecule has 2 nitrogen and oxygen atoms in total. The molecule has 0 radical (unpaired) electrons. The maximum atomic E-state index is 12.3. The minimum Gasteiger partial charge on any atom is -0.330 e. The van der Waals surface area contributed by atoms with Crippen molar-refractivity contribution in [3.05, 3.63) is 21.9 Å². The molecule has 0 aromatic carbocycles. The van der Waals surface area contributed by atoms with Crippen LogP contribution in [-0.4, -0.2) is 12.3 Å². The molecular formula is C13H19NOS. The van der Waals surface area contributed by atoms with E-state index in [4.69, 9.17) is 5.73 Å². The van der Waals surface area contributed by atoms with E-state index in [1.54, 1.807) is 11.3 Å². The highest BCUT2D eigenvalue weighted by Crippen LogP contribution is 2.31. The number of Topliss-reactive ketones (excluding diaryl/α,β-unsaturated/α-hetero) is 1. The minimum absolute atomic E-state index is 0.246. The van der Waals surface area contributed by atoms with Crippen molar-refractivity contribution in [2.45, 2.75) is 32.6 Å². The Kier molecular flexibility index (Phi) is 3.77. The second-order valence-corrected chi connectivity index (χ2v) is 5.83. The van der Waals surface area contributed by atoms with Crippen molar-refractivity contribution >= 4 is 17.1 Å². The topological polar surface area (TPSA) is 43.1 Å². The Bertz CT molecular complexity index is 364. The molecule has 0 saturated heterocycles. The standard InChI is InChI=1S/C13H19NOS/c1-9-12(6-7-16-9)13(15)11-4-2-10(8-14)3-5-11/h6-7,10-11H,2-5,8,14H2,1H3. The van der Waals surface area contributed by atoms with Gasteiger partial charge in [-0.05, 0) is 56.5 Å². The van der Waals surface area contributed by atoms with Gasteiger partial charge in [-0.1, -0.05) is 0 Å². The van der Waals surface area contributed by atoms with Gasteiger partial charge in [-0.2, -0.15) is 0 Å². The molecule has 0 unspecified atom stereocenters. The van der Waals surface area contributed by atoms with Gasteiger partial charge >= 0.3 is 0 Å². The lowest BCUT2D eigenvalue weighted by molar-refractivity contribution is 0.0873. The van der Waals surface area contributed by atoms with E-state index in [1.165, 1.54) is 0 Å². The van der Waals surface area contributed by atoms with E-state index in [1.807, 2.05) is 18.4 Å². The van der Waals surface area contributed by atoms with Gasteiger partial charge in [0, 0.05) is 16.4 Å². The van der Waals surface area contributed by atoms with Gasteiger partial charge in [0.1, 0.15) is 0 Å². The van der Waals surface area contributed by atoms with Crippen molar-refractivity contribution < 1.29 is 4.79 Å². The molecule has 1 fully saturated rings. The fourth-order valence-electron chi connectivity index (χ4n) is 2.52. The summed E-state index contributed by atoms with van der Waals surface area (Å²) in [5, 5.41) is 2.01. The first kappa shape index (κ1) is 11.8. The van der Waals surface area contributed by atoms with Crippen LogP contribution in [0.5, 0.6) is 0 Å². The van der Waals surface area contributed by atoms with Crippen molar-refractivity contribution in [1.29, 1.82) is 0 Å². The lowest BCUT2D eigenvalue weighted by Crippen LogP contribution is -2.25. The first-order chi connectivity index (χ1) is 7.72. The maximum Gasteiger partial charge on any atom is 0.167 e. The number of thiophene rings is 1. The molecule has 3 heteroatoms. The van der Waals surface area contributed by atoms with Gasteiger partial charge in [0.25, 0.3) is 0 Å². The fraction of sp³-hybridized carbons (Fsp3) is 0.615. The predicted octanol–water partition coefficient (Wildman–Crippen LogP) is 3.00. The Balaban J connectivity index is 2.00. The summed E-state index contributed by atoms with van der Waals surface area (Å²) in [5.41, 5.74) is 6.61. The van der Waals surface area contributed by atoms with Gasteiger partial charge < -0.3 is 5.73 Å². The van der Waals surface area contributed by atoms with Crippen LogP contribution >= 0.6 is 11.3 Å². The Morgan fingerprint density at radius 1 is 1.44 bits per heavy atom. The van der Waals surface area contributed by atoms with E-state index in [9.17, 15) is 4.79 Å². The van der Waals surface area contributed by atoms with Crippen molar-refractivity contribution in [2.24, 2.45) is 17.6 Å². The van der Waals surface area contributed by atoms with Crippen LogP contribution in [0.25, 0.3) is 0 Å². The van der Waals surface area contributed by atoms with E-state index in [0.29, 0.717) is 11.7 Å². The maximum absolute atomic E-state index is 12.3. The zero-order valence-electron chi connectivity index (χ0n) is 9.74. The molecule has 0 amide bonds. The SMILES string of the molecule is Cc1sccc1C(=O)C1CCC(CN)CC1. The molecule has 2 rings (SSSR count).